The minimum absolute atomic E-state index is 0.177. The second-order valence-electron chi connectivity index (χ2n) is 4.50. The minimum atomic E-state index is -0.760. The Morgan fingerprint density at radius 3 is 2.43 bits per heavy atom. The molecule has 3 rings (SSSR count). The van der Waals surface area contributed by atoms with Gasteiger partial charge in [-0.15, -0.1) is 0 Å². The van der Waals surface area contributed by atoms with E-state index >= 15 is 0 Å². The molecule has 0 saturated heterocycles. The van der Waals surface area contributed by atoms with Crippen molar-refractivity contribution in [3.8, 4) is 0 Å². The Hall–Kier alpha value is -2.21. The van der Waals surface area contributed by atoms with Gasteiger partial charge < -0.3 is 4.98 Å². The van der Waals surface area contributed by atoms with E-state index in [9.17, 15) is 18.0 Å². The molecule has 3 aromatic rings. The number of nitrogens with zero attached hydrogens (tertiary/aromatic N) is 1. The van der Waals surface area contributed by atoms with Gasteiger partial charge in [0.1, 0.15) is 17.5 Å². The molecule has 0 radical (unpaired) electrons. The van der Waals surface area contributed by atoms with Crippen LogP contribution in [0.25, 0.3) is 11.0 Å². The first-order valence-electron chi connectivity index (χ1n) is 5.98. The molecule has 1 aromatic heterocycles. The lowest BCUT2D eigenvalue weighted by atomic mass is 10.2. The number of aromatic amines is 1. The van der Waals surface area contributed by atoms with Crippen LogP contribution in [-0.2, 0) is 6.54 Å². The number of halogens is 4. The van der Waals surface area contributed by atoms with Crippen molar-refractivity contribution in [3.63, 3.8) is 0 Å². The number of nitrogens with one attached hydrogen (secondary N) is 1. The van der Waals surface area contributed by atoms with Gasteiger partial charge in [0.05, 0.1) is 22.6 Å². The van der Waals surface area contributed by atoms with Crippen molar-refractivity contribution < 1.29 is 13.2 Å². The quantitative estimate of drug-likeness (QED) is 0.773. The topological polar surface area (TPSA) is 37.8 Å². The average Bonchev–Trinajstić information content (AvgIpc) is 2.70. The smallest absolute Gasteiger partial charge is 0.305 e. The summed E-state index contributed by atoms with van der Waals surface area (Å²) >= 11 is 5.68. The van der Waals surface area contributed by atoms with E-state index in [1.54, 1.807) is 0 Å². The SMILES string of the molecule is O=c1[nH]c2cc(F)c(Cl)cc2n1Cc1c(F)cccc1F. The monoisotopic (exact) mass is 312 g/mol. The number of benzene rings is 2. The van der Waals surface area contributed by atoms with Crippen LogP contribution in [-0.4, -0.2) is 9.55 Å². The number of imidazole rings is 1. The van der Waals surface area contributed by atoms with E-state index in [0.29, 0.717) is 0 Å². The van der Waals surface area contributed by atoms with Crippen molar-refractivity contribution in [2.75, 3.05) is 0 Å². The van der Waals surface area contributed by atoms with Crippen LogP contribution in [0.1, 0.15) is 5.56 Å². The number of H-pyrrole nitrogens is 1. The summed E-state index contributed by atoms with van der Waals surface area (Å²) in [6.45, 7) is -0.320. The molecule has 0 atom stereocenters. The lowest BCUT2D eigenvalue weighted by molar-refractivity contribution is 0.544. The van der Waals surface area contributed by atoms with Gasteiger partial charge in [-0.3, -0.25) is 4.57 Å². The molecule has 0 spiro atoms. The van der Waals surface area contributed by atoms with E-state index in [2.05, 4.69) is 4.98 Å². The Morgan fingerprint density at radius 1 is 1.10 bits per heavy atom. The maximum Gasteiger partial charge on any atom is 0.326 e. The zero-order valence-electron chi connectivity index (χ0n) is 10.5. The van der Waals surface area contributed by atoms with Gasteiger partial charge in [-0.2, -0.15) is 0 Å². The molecular weight excluding hydrogens is 305 g/mol. The summed E-state index contributed by atoms with van der Waals surface area (Å²) in [7, 11) is 0. The minimum Gasteiger partial charge on any atom is -0.305 e. The third-order valence-electron chi connectivity index (χ3n) is 3.19. The van der Waals surface area contributed by atoms with Gasteiger partial charge in [0.15, 0.2) is 0 Å². The van der Waals surface area contributed by atoms with Gasteiger partial charge in [-0.1, -0.05) is 17.7 Å². The Balaban J connectivity index is 2.19. The fourth-order valence-corrected chi connectivity index (χ4v) is 2.31. The fourth-order valence-electron chi connectivity index (χ4n) is 2.15. The Bertz CT molecular complexity index is 881. The van der Waals surface area contributed by atoms with Crippen LogP contribution in [0.2, 0.25) is 5.02 Å². The maximum absolute atomic E-state index is 13.7. The standard InChI is InChI=1S/C14H8ClF3N2O/c15-8-4-13-12(5-11(8)18)19-14(21)20(13)6-7-9(16)2-1-3-10(7)17/h1-5H,6H2,(H,19,21). The van der Waals surface area contributed by atoms with Gasteiger partial charge in [0.25, 0.3) is 0 Å². The predicted molar refractivity (Wildman–Crippen MR) is 73.0 cm³/mol. The number of hydrogen-bond acceptors (Lipinski definition) is 1. The van der Waals surface area contributed by atoms with E-state index in [4.69, 9.17) is 11.6 Å². The summed E-state index contributed by atoms with van der Waals surface area (Å²) < 4.78 is 41.8. The second-order valence-corrected chi connectivity index (χ2v) is 4.91. The van der Waals surface area contributed by atoms with E-state index < -0.39 is 23.1 Å². The summed E-state index contributed by atoms with van der Waals surface area (Å²) in [6, 6.07) is 5.74. The molecule has 0 unspecified atom stereocenters. The first-order chi connectivity index (χ1) is 9.97. The Morgan fingerprint density at radius 2 is 1.76 bits per heavy atom. The number of rotatable bonds is 2. The van der Waals surface area contributed by atoms with Gasteiger partial charge in [0.2, 0.25) is 0 Å². The third kappa shape index (κ3) is 2.31. The molecule has 108 valence electrons. The van der Waals surface area contributed by atoms with Crippen molar-refractivity contribution >= 4 is 22.6 Å². The molecule has 0 aliphatic heterocycles. The summed E-state index contributed by atoms with van der Waals surface area (Å²) in [5.74, 6) is -2.21. The number of fused-ring (bicyclic) bond motifs is 1. The molecule has 21 heavy (non-hydrogen) atoms. The number of aromatic nitrogens is 2. The average molecular weight is 313 g/mol. The molecule has 0 amide bonds. The lowest BCUT2D eigenvalue weighted by Gasteiger charge is -2.06. The van der Waals surface area contributed by atoms with Gasteiger partial charge in [-0.25, -0.2) is 18.0 Å². The molecular formula is C14H8ClF3N2O. The molecule has 0 aliphatic carbocycles. The molecule has 7 heteroatoms. The van der Waals surface area contributed by atoms with Crippen molar-refractivity contribution in [3.05, 3.63) is 68.9 Å². The van der Waals surface area contributed by atoms with Crippen LogP contribution < -0.4 is 5.69 Å². The lowest BCUT2D eigenvalue weighted by Crippen LogP contribution is -2.18. The third-order valence-corrected chi connectivity index (χ3v) is 3.48. The largest absolute Gasteiger partial charge is 0.326 e. The van der Waals surface area contributed by atoms with Crippen molar-refractivity contribution in [2.45, 2.75) is 6.54 Å². The molecule has 1 heterocycles. The van der Waals surface area contributed by atoms with E-state index in [-0.39, 0.29) is 28.2 Å². The van der Waals surface area contributed by atoms with Gasteiger partial charge in [-0.05, 0) is 18.2 Å². The highest BCUT2D eigenvalue weighted by atomic mass is 35.5. The summed E-state index contributed by atoms with van der Waals surface area (Å²) in [5, 5.41) is -0.177. The van der Waals surface area contributed by atoms with Crippen molar-refractivity contribution in [2.24, 2.45) is 0 Å². The highest BCUT2D eigenvalue weighted by Crippen LogP contribution is 2.22. The van der Waals surface area contributed by atoms with Gasteiger partial charge in [0, 0.05) is 11.6 Å². The first kappa shape index (κ1) is 13.8. The molecule has 1 N–H and O–H groups in total. The first-order valence-corrected chi connectivity index (χ1v) is 6.35. The van der Waals surface area contributed by atoms with Crippen LogP contribution in [0.4, 0.5) is 13.2 Å². The van der Waals surface area contributed by atoms with Crippen LogP contribution in [0.5, 0.6) is 0 Å². The van der Waals surface area contributed by atoms with Crippen LogP contribution in [0.15, 0.2) is 35.1 Å². The molecule has 2 aromatic carbocycles. The molecule has 3 nitrogen and oxygen atoms in total. The normalized spacial score (nSPS) is 11.2. The number of hydrogen-bond donors (Lipinski definition) is 1. The zero-order chi connectivity index (χ0) is 15.1. The van der Waals surface area contributed by atoms with E-state index in [1.165, 1.54) is 12.1 Å². The highest BCUT2D eigenvalue weighted by molar-refractivity contribution is 6.31. The van der Waals surface area contributed by atoms with Gasteiger partial charge >= 0.3 is 5.69 Å². The van der Waals surface area contributed by atoms with Crippen molar-refractivity contribution in [1.82, 2.24) is 9.55 Å². The highest BCUT2D eigenvalue weighted by Gasteiger charge is 2.15. The molecule has 0 bridgehead atoms. The maximum atomic E-state index is 13.7. The summed E-state index contributed by atoms with van der Waals surface area (Å²) in [5.41, 5.74) is -0.372. The van der Waals surface area contributed by atoms with Crippen molar-refractivity contribution in [1.29, 1.82) is 0 Å². The second kappa shape index (κ2) is 4.96. The predicted octanol–water partition coefficient (Wildman–Crippen LogP) is 3.45. The fraction of sp³-hybridized carbons (Fsp3) is 0.0714. The Kier molecular flexibility index (Phi) is 3.25. The van der Waals surface area contributed by atoms with E-state index in [1.807, 2.05) is 0 Å². The summed E-state index contributed by atoms with van der Waals surface area (Å²) in [6.07, 6.45) is 0. The Labute approximate surface area is 121 Å². The van der Waals surface area contributed by atoms with Crippen LogP contribution in [0, 0.1) is 17.5 Å². The zero-order valence-corrected chi connectivity index (χ0v) is 11.2. The molecule has 0 aliphatic rings. The molecule has 0 fully saturated rings. The molecule has 0 saturated carbocycles. The van der Waals surface area contributed by atoms with E-state index in [0.717, 1.165) is 22.8 Å². The van der Waals surface area contributed by atoms with Crippen LogP contribution in [0.3, 0.4) is 0 Å². The van der Waals surface area contributed by atoms with Crippen LogP contribution >= 0.6 is 11.6 Å². The summed E-state index contributed by atoms with van der Waals surface area (Å²) in [4.78, 5) is 14.3.